The van der Waals surface area contributed by atoms with E-state index < -0.39 is 42.3 Å². The van der Waals surface area contributed by atoms with E-state index in [1.807, 2.05) is 6.92 Å². The molecule has 3 amide bonds. The van der Waals surface area contributed by atoms with Crippen LogP contribution in [0, 0.1) is 5.92 Å². The van der Waals surface area contributed by atoms with Crippen molar-refractivity contribution in [3.63, 3.8) is 0 Å². The Morgan fingerprint density at radius 2 is 1.43 bits per heavy atom. The molecule has 1 atom stereocenters. The molecule has 0 radical (unpaired) electrons. The summed E-state index contributed by atoms with van der Waals surface area (Å²) in [6, 6.07) is 5.50. The van der Waals surface area contributed by atoms with Crippen molar-refractivity contribution in [1.82, 2.24) is 4.90 Å². The number of carbonyl (C=O) groups is 4. The van der Waals surface area contributed by atoms with Crippen LogP contribution in [0.15, 0.2) is 42.2 Å². The molecule has 8 nitrogen and oxygen atoms in total. The topological polar surface area (TPSA) is 102 Å². The molecule has 0 aliphatic carbocycles. The molecule has 0 spiro atoms. The number of fused-ring (bicyclic) bond motifs is 1. The van der Waals surface area contributed by atoms with Gasteiger partial charge in [-0.1, -0.05) is 13.8 Å². The van der Waals surface area contributed by atoms with Crippen molar-refractivity contribution in [2.45, 2.75) is 26.8 Å². The zero-order valence-electron chi connectivity index (χ0n) is 18.8. The second kappa shape index (κ2) is 11.5. The van der Waals surface area contributed by atoms with Crippen LogP contribution in [0.1, 0.15) is 41.5 Å². The number of amides is 3. The van der Waals surface area contributed by atoms with Gasteiger partial charge in [-0.05, 0) is 101 Å². The van der Waals surface area contributed by atoms with E-state index in [0.29, 0.717) is 35.9 Å². The number of hydrogen-bond acceptors (Lipinski definition) is 6. The first-order chi connectivity index (χ1) is 16.5. The molecule has 0 aromatic heterocycles. The average molecular weight is 740 g/mol. The number of nitrogens with zero attached hydrogens (tertiary/aromatic N) is 1. The lowest BCUT2D eigenvalue weighted by Crippen LogP contribution is -2.49. The van der Waals surface area contributed by atoms with E-state index in [1.165, 1.54) is 0 Å². The molecule has 1 N–H and O–H groups in total. The predicted octanol–water partition coefficient (Wildman–Crippen LogP) is 5.94. The van der Waals surface area contributed by atoms with Crippen LogP contribution in [0.5, 0.6) is 5.75 Å². The van der Waals surface area contributed by atoms with Gasteiger partial charge in [0.05, 0.1) is 17.7 Å². The summed E-state index contributed by atoms with van der Waals surface area (Å²) in [5.41, 5.74) is 0.758. The standard InChI is InChI=1S/C23H20Br4N2O6/c1-4-34-12-7-5-11(6-8-12)28-13(30)9-35-23(33)20(10(2)3)29-21(31)14-15(22(29)32)17(25)19(27)18(26)16(14)24/h5-8,10,20H,4,9H2,1-3H3,(H,28,30)/t20-/m1/s1. The minimum Gasteiger partial charge on any atom is -0.494 e. The van der Waals surface area contributed by atoms with Crippen molar-refractivity contribution in [1.29, 1.82) is 0 Å². The number of benzene rings is 2. The lowest BCUT2D eigenvalue weighted by atomic mass is 10.0. The summed E-state index contributed by atoms with van der Waals surface area (Å²) in [6.07, 6.45) is 0. The first-order valence-corrected chi connectivity index (χ1v) is 13.6. The first kappa shape index (κ1) is 27.8. The number of anilines is 1. The van der Waals surface area contributed by atoms with Gasteiger partial charge in [-0.15, -0.1) is 0 Å². The molecule has 0 saturated carbocycles. The van der Waals surface area contributed by atoms with Gasteiger partial charge in [0, 0.05) is 23.6 Å². The van der Waals surface area contributed by atoms with Crippen molar-refractivity contribution in [3.8, 4) is 5.75 Å². The Morgan fingerprint density at radius 3 is 1.89 bits per heavy atom. The molecule has 2 aromatic rings. The van der Waals surface area contributed by atoms with Crippen LogP contribution in [0.3, 0.4) is 0 Å². The number of rotatable bonds is 8. The third kappa shape index (κ3) is 5.65. The molecule has 3 rings (SSSR count). The van der Waals surface area contributed by atoms with E-state index in [0.717, 1.165) is 4.90 Å². The number of nitrogens with one attached hydrogen (secondary N) is 1. The molecule has 35 heavy (non-hydrogen) atoms. The molecule has 2 aromatic carbocycles. The molecule has 1 aliphatic heterocycles. The third-order valence-electron chi connectivity index (χ3n) is 5.08. The minimum atomic E-state index is -1.22. The molecule has 1 aliphatic rings. The fourth-order valence-electron chi connectivity index (χ4n) is 3.52. The fraction of sp³-hybridized carbons (Fsp3) is 0.304. The Labute approximate surface area is 235 Å². The highest BCUT2D eigenvalue weighted by Gasteiger charge is 2.47. The maximum atomic E-state index is 13.3. The van der Waals surface area contributed by atoms with Crippen molar-refractivity contribution in [2.24, 2.45) is 5.92 Å². The smallest absolute Gasteiger partial charge is 0.330 e. The molecule has 0 bridgehead atoms. The fourth-order valence-corrected chi connectivity index (χ4v) is 5.97. The normalized spacial score (nSPS) is 13.7. The quantitative estimate of drug-likeness (QED) is 0.156. The summed E-state index contributed by atoms with van der Waals surface area (Å²) in [6.45, 7) is 5.18. The summed E-state index contributed by atoms with van der Waals surface area (Å²) >= 11 is 13.5. The number of hydrogen-bond donors (Lipinski definition) is 1. The summed E-state index contributed by atoms with van der Waals surface area (Å²) in [4.78, 5) is 52.7. The molecule has 186 valence electrons. The second-order valence-corrected chi connectivity index (χ2v) is 11.0. The molecule has 12 heteroatoms. The van der Waals surface area contributed by atoms with Crippen LogP contribution in [-0.4, -0.2) is 47.8 Å². The Kier molecular flexibility index (Phi) is 9.16. The van der Waals surface area contributed by atoms with Crippen LogP contribution < -0.4 is 10.1 Å². The van der Waals surface area contributed by atoms with Gasteiger partial charge in [0.1, 0.15) is 11.8 Å². The van der Waals surface area contributed by atoms with Crippen LogP contribution >= 0.6 is 63.7 Å². The van der Waals surface area contributed by atoms with Crippen LogP contribution in [-0.2, 0) is 14.3 Å². The average Bonchev–Trinajstić information content (AvgIpc) is 3.06. The van der Waals surface area contributed by atoms with Crippen LogP contribution in [0.4, 0.5) is 5.69 Å². The number of imide groups is 1. The number of esters is 1. The van der Waals surface area contributed by atoms with Crippen molar-refractivity contribution in [2.75, 3.05) is 18.5 Å². The largest absolute Gasteiger partial charge is 0.494 e. The summed E-state index contributed by atoms with van der Waals surface area (Å²) in [5.74, 6) is -2.51. The highest BCUT2D eigenvalue weighted by atomic mass is 79.9. The van der Waals surface area contributed by atoms with E-state index in [9.17, 15) is 19.2 Å². The van der Waals surface area contributed by atoms with E-state index in [1.54, 1.807) is 38.1 Å². The second-order valence-electron chi connectivity index (χ2n) is 7.79. The molecule has 0 fully saturated rings. The predicted molar refractivity (Wildman–Crippen MR) is 144 cm³/mol. The van der Waals surface area contributed by atoms with E-state index in [-0.39, 0.29) is 11.1 Å². The molecule has 0 unspecified atom stereocenters. The van der Waals surface area contributed by atoms with Crippen LogP contribution in [0.25, 0.3) is 0 Å². The zero-order chi connectivity index (χ0) is 26.0. The zero-order valence-corrected chi connectivity index (χ0v) is 25.1. The third-order valence-corrected chi connectivity index (χ3v) is 9.85. The van der Waals surface area contributed by atoms with Gasteiger partial charge in [0.25, 0.3) is 17.7 Å². The van der Waals surface area contributed by atoms with Gasteiger partial charge in [-0.2, -0.15) is 0 Å². The van der Waals surface area contributed by atoms with Crippen molar-refractivity contribution in [3.05, 3.63) is 53.3 Å². The molecule has 1 heterocycles. The maximum absolute atomic E-state index is 13.3. The monoisotopic (exact) mass is 736 g/mol. The lowest BCUT2D eigenvalue weighted by molar-refractivity contribution is -0.152. The van der Waals surface area contributed by atoms with Gasteiger partial charge in [-0.25, -0.2) is 4.79 Å². The Bertz CT molecular complexity index is 1150. The Hall–Kier alpha value is -1.76. The number of ether oxygens (including phenoxy) is 2. The van der Waals surface area contributed by atoms with Gasteiger partial charge in [-0.3, -0.25) is 19.3 Å². The number of halogens is 4. The minimum absolute atomic E-state index is 0.128. The molecular weight excluding hydrogens is 720 g/mol. The van der Waals surface area contributed by atoms with Gasteiger partial charge < -0.3 is 14.8 Å². The van der Waals surface area contributed by atoms with Gasteiger partial charge in [0.2, 0.25) is 0 Å². The summed E-state index contributed by atoms with van der Waals surface area (Å²) < 4.78 is 12.4. The lowest BCUT2D eigenvalue weighted by Gasteiger charge is -2.27. The van der Waals surface area contributed by atoms with E-state index in [4.69, 9.17) is 9.47 Å². The van der Waals surface area contributed by atoms with Gasteiger partial charge >= 0.3 is 5.97 Å². The molecular formula is C23H20Br4N2O6. The van der Waals surface area contributed by atoms with E-state index in [2.05, 4.69) is 69.0 Å². The van der Waals surface area contributed by atoms with Crippen molar-refractivity contribution < 1.29 is 28.7 Å². The Morgan fingerprint density at radius 1 is 0.914 bits per heavy atom. The highest BCUT2D eigenvalue weighted by Crippen LogP contribution is 2.46. The Balaban J connectivity index is 1.75. The van der Waals surface area contributed by atoms with Crippen molar-refractivity contribution >= 4 is 93.1 Å². The highest BCUT2D eigenvalue weighted by molar-refractivity contribution is 9.15. The SMILES string of the molecule is CCOc1ccc(NC(=O)COC(=O)[C@@H](C(C)C)N2C(=O)c3c(Br)c(Br)c(Br)c(Br)c3C2=O)cc1. The number of carbonyl (C=O) groups excluding carboxylic acids is 4. The summed E-state index contributed by atoms with van der Waals surface area (Å²) in [5, 5.41) is 2.62. The van der Waals surface area contributed by atoms with Crippen LogP contribution in [0.2, 0.25) is 0 Å². The maximum Gasteiger partial charge on any atom is 0.330 e. The molecule has 0 saturated heterocycles. The summed E-state index contributed by atoms with van der Waals surface area (Å²) in [7, 11) is 0. The first-order valence-electron chi connectivity index (χ1n) is 10.4. The van der Waals surface area contributed by atoms with Gasteiger partial charge in [0.15, 0.2) is 6.61 Å². The van der Waals surface area contributed by atoms with E-state index >= 15 is 0 Å².